The molecule has 0 aliphatic rings. The lowest BCUT2D eigenvalue weighted by atomic mass is 10.2. The summed E-state index contributed by atoms with van der Waals surface area (Å²) in [5, 5.41) is 2.68. The summed E-state index contributed by atoms with van der Waals surface area (Å²) >= 11 is 3.13. The maximum atomic E-state index is 13.0. The number of nitrogens with one attached hydrogen (secondary N) is 1. The summed E-state index contributed by atoms with van der Waals surface area (Å²) in [6, 6.07) is 3.91. The number of rotatable bonds is 3. The van der Waals surface area contributed by atoms with Crippen molar-refractivity contribution in [3.63, 3.8) is 0 Å². The third kappa shape index (κ3) is 3.67. The Morgan fingerprint density at radius 2 is 2.31 bits per heavy atom. The minimum absolute atomic E-state index is 0.125. The number of carbonyl (C=O) groups is 1. The Balaban J connectivity index is 2.77. The number of hydrogen-bond acceptors (Lipinski definition) is 1. The van der Waals surface area contributed by atoms with Crippen LogP contribution in [0.2, 0.25) is 0 Å². The van der Waals surface area contributed by atoms with Gasteiger partial charge in [-0.05, 0) is 25.1 Å². The first-order valence-corrected chi connectivity index (χ1v) is 5.52. The highest BCUT2D eigenvalue weighted by atomic mass is 79.9. The Morgan fingerprint density at radius 1 is 1.62 bits per heavy atom. The molecule has 0 saturated heterocycles. The van der Waals surface area contributed by atoms with Gasteiger partial charge in [0.2, 0.25) is 0 Å². The maximum absolute atomic E-state index is 13.0. The summed E-state index contributed by atoms with van der Waals surface area (Å²) in [7, 11) is 0. The molecule has 1 N–H and O–H groups in total. The molecule has 4 heteroatoms. The summed E-state index contributed by atoms with van der Waals surface area (Å²) in [4.78, 5) is 11.7. The highest BCUT2D eigenvalue weighted by Crippen LogP contribution is 2.14. The third-order valence-electron chi connectivity index (χ3n) is 1.93. The van der Waals surface area contributed by atoms with Crippen LogP contribution in [0.5, 0.6) is 0 Å². The van der Waals surface area contributed by atoms with E-state index in [1.807, 2.05) is 0 Å². The fourth-order valence-corrected chi connectivity index (χ4v) is 1.69. The van der Waals surface area contributed by atoms with Crippen LogP contribution in [0.4, 0.5) is 4.39 Å². The number of carbonyl (C=O) groups excluding carboxylic acids is 1. The van der Waals surface area contributed by atoms with Crippen molar-refractivity contribution in [2.45, 2.75) is 19.4 Å². The Morgan fingerprint density at radius 3 is 2.88 bits per heavy atom. The summed E-state index contributed by atoms with van der Waals surface area (Å²) in [6.45, 7) is 1.80. The fourth-order valence-electron chi connectivity index (χ4n) is 1.22. The normalized spacial score (nSPS) is 11.6. The van der Waals surface area contributed by atoms with Crippen LogP contribution in [0.3, 0.4) is 0 Å². The van der Waals surface area contributed by atoms with Crippen molar-refractivity contribution in [3.05, 3.63) is 34.1 Å². The maximum Gasteiger partial charge on any atom is 0.251 e. The van der Waals surface area contributed by atoms with Crippen molar-refractivity contribution in [3.8, 4) is 12.3 Å². The van der Waals surface area contributed by atoms with Crippen LogP contribution in [-0.4, -0.2) is 11.9 Å². The van der Waals surface area contributed by atoms with Crippen LogP contribution >= 0.6 is 15.9 Å². The zero-order valence-electron chi connectivity index (χ0n) is 8.76. The zero-order valence-corrected chi connectivity index (χ0v) is 10.3. The van der Waals surface area contributed by atoms with Crippen LogP contribution < -0.4 is 5.32 Å². The molecule has 0 saturated carbocycles. The Hall–Kier alpha value is -1.34. The van der Waals surface area contributed by atoms with E-state index in [1.165, 1.54) is 12.1 Å². The van der Waals surface area contributed by atoms with Gasteiger partial charge in [0, 0.05) is 22.5 Å². The summed E-state index contributed by atoms with van der Waals surface area (Å²) in [5.41, 5.74) is 0.274. The van der Waals surface area contributed by atoms with E-state index in [-0.39, 0.29) is 17.5 Å². The standard InChI is InChI=1S/C12H11BrFNO/c1-3-4-8(2)15-12(16)9-5-10(13)7-11(14)6-9/h1,5-8H,4H2,2H3,(H,15,16). The van der Waals surface area contributed by atoms with Gasteiger partial charge in [0.25, 0.3) is 5.91 Å². The first kappa shape index (κ1) is 12.7. The lowest BCUT2D eigenvalue weighted by Gasteiger charge is -2.11. The molecular weight excluding hydrogens is 273 g/mol. The molecule has 0 bridgehead atoms. The molecule has 0 fully saturated rings. The molecule has 0 heterocycles. The van der Waals surface area contributed by atoms with Crippen LogP contribution in [0.25, 0.3) is 0 Å². The highest BCUT2D eigenvalue weighted by Gasteiger charge is 2.10. The predicted molar refractivity (Wildman–Crippen MR) is 64.5 cm³/mol. The van der Waals surface area contributed by atoms with Gasteiger partial charge in [0.1, 0.15) is 5.82 Å². The van der Waals surface area contributed by atoms with E-state index < -0.39 is 5.82 Å². The van der Waals surface area contributed by atoms with E-state index in [0.717, 1.165) is 0 Å². The van der Waals surface area contributed by atoms with Crippen molar-refractivity contribution >= 4 is 21.8 Å². The monoisotopic (exact) mass is 283 g/mol. The van der Waals surface area contributed by atoms with Gasteiger partial charge < -0.3 is 5.32 Å². The zero-order chi connectivity index (χ0) is 12.1. The van der Waals surface area contributed by atoms with Crippen molar-refractivity contribution in [1.82, 2.24) is 5.32 Å². The van der Waals surface area contributed by atoms with Gasteiger partial charge in [0.15, 0.2) is 0 Å². The molecule has 1 aromatic carbocycles. The second-order valence-corrected chi connectivity index (χ2v) is 4.36. The molecule has 1 atom stereocenters. The molecule has 16 heavy (non-hydrogen) atoms. The minimum atomic E-state index is -0.455. The Bertz CT molecular complexity index is 419. The molecule has 0 aliphatic heterocycles. The molecule has 0 aliphatic carbocycles. The fraction of sp³-hybridized carbons (Fsp3) is 0.250. The van der Waals surface area contributed by atoms with E-state index in [0.29, 0.717) is 10.9 Å². The van der Waals surface area contributed by atoms with Crippen LogP contribution in [-0.2, 0) is 0 Å². The smallest absolute Gasteiger partial charge is 0.251 e. The molecule has 1 aromatic rings. The van der Waals surface area contributed by atoms with Gasteiger partial charge >= 0.3 is 0 Å². The second-order valence-electron chi connectivity index (χ2n) is 3.44. The van der Waals surface area contributed by atoms with Gasteiger partial charge in [-0.3, -0.25) is 4.79 Å². The number of halogens is 2. The van der Waals surface area contributed by atoms with Gasteiger partial charge in [-0.2, -0.15) is 0 Å². The van der Waals surface area contributed by atoms with Crippen molar-refractivity contribution in [2.75, 3.05) is 0 Å². The lowest BCUT2D eigenvalue weighted by molar-refractivity contribution is 0.0940. The number of hydrogen-bond donors (Lipinski definition) is 1. The highest BCUT2D eigenvalue weighted by molar-refractivity contribution is 9.10. The summed E-state index contributed by atoms with van der Waals surface area (Å²) < 4.78 is 13.6. The van der Waals surface area contributed by atoms with Crippen molar-refractivity contribution < 1.29 is 9.18 Å². The SMILES string of the molecule is C#CCC(C)NC(=O)c1cc(F)cc(Br)c1. The molecule has 84 valence electrons. The average Bonchev–Trinajstić information content (AvgIpc) is 2.16. The van der Waals surface area contributed by atoms with E-state index in [4.69, 9.17) is 6.42 Å². The lowest BCUT2D eigenvalue weighted by Crippen LogP contribution is -2.32. The van der Waals surface area contributed by atoms with Gasteiger partial charge in [0.05, 0.1) is 0 Å². The minimum Gasteiger partial charge on any atom is -0.349 e. The van der Waals surface area contributed by atoms with Crippen LogP contribution in [0.15, 0.2) is 22.7 Å². The van der Waals surface area contributed by atoms with E-state index >= 15 is 0 Å². The van der Waals surface area contributed by atoms with Crippen molar-refractivity contribution in [1.29, 1.82) is 0 Å². The van der Waals surface area contributed by atoms with Gasteiger partial charge in [-0.15, -0.1) is 12.3 Å². The molecule has 2 nitrogen and oxygen atoms in total. The quantitative estimate of drug-likeness (QED) is 0.850. The largest absolute Gasteiger partial charge is 0.349 e. The molecule has 0 spiro atoms. The van der Waals surface area contributed by atoms with Crippen LogP contribution in [0.1, 0.15) is 23.7 Å². The topological polar surface area (TPSA) is 29.1 Å². The molecule has 0 radical (unpaired) electrons. The number of terminal acetylenes is 1. The molecular formula is C12H11BrFNO. The predicted octanol–water partition coefficient (Wildman–Crippen LogP) is 2.73. The van der Waals surface area contributed by atoms with Gasteiger partial charge in [-0.1, -0.05) is 15.9 Å². The number of amides is 1. The first-order valence-electron chi connectivity index (χ1n) is 4.73. The summed E-state index contributed by atoms with van der Waals surface area (Å²) in [5.74, 6) is 1.66. The van der Waals surface area contributed by atoms with E-state index in [9.17, 15) is 9.18 Å². The first-order chi connectivity index (χ1) is 7.52. The van der Waals surface area contributed by atoms with E-state index in [1.54, 1.807) is 13.0 Å². The Labute approximate surface area is 102 Å². The van der Waals surface area contributed by atoms with Crippen LogP contribution in [0, 0.1) is 18.2 Å². The molecule has 1 amide bonds. The summed E-state index contributed by atoms with van der Waals surface area (Å²) in [6.07, 6.45) is 5.57. The van der Waals surface area contributed by atoms with Crippen molar-refractivity contribution in [2.24, 2.45) is 0 Å². The average molecular weight is 284 g/mol. The van der Waals surface area contributed by atoms with Gasteiger partial charge in [-0.25, -0.2) is 4.39 Å². The molecule has 0 aromatic heterocycles. The number of benzene rings is 1. The molecule has 1 unspecified atom stereocenters. The third-order valence-corrected chi connectivity index (χ3v) is 2.38. The molecule has 1 rings (SSSR count). The van der Waals surface area contributed by atoms with E-state index in [2.05, 4.69) is 27.2 Å². The second kappa shape index (κ2) is 5.66. The Kier molecular flexibility index (Phi) is 4.51.